The monoisotopic (exact) mass is 484 g/mol. The van der Waals surface area contributed by atoms with Crippen molar-refractivity contribution in [3.8, 4) is 5.75 Å². The van der Waals surface area contributed by atoms with Crippen molar-refractivity contribution in [2.75, 3.05) is 0 Å². The molecule has 0 saturated heterocycles. The van der Waals surface area contributed by atoms with Gasteiger partial charge in [0.2, 0.25) is 5.91 Å². The molecule has 0 aliphatic carbocycles. The Morgan fingerprint density at radius 3 is 2.17 bits per heavy atom. The quantitative estimate of drug-likeness (QED) is 0.354. The SMILES string of the molecule is CC(=O)CCC(=O)NC(CCC(C)C)CCC(Cc1ccccc1)NC(=O)c1ccc(F)cc1O. The Hall–Kier alpha value is -3.22. The van der Waals surface area contributed by atoms with Crippen LogP contribution >= 0.6 is 0 Å². The Labute approximate surface area is 207 Å². The van der Waals surface area contributed by atoms with Gasteiger partial charge in [-0.2, -0.15) is 0 Å². The summed E-state index contributed by atoms with van der Waals surface area (Å²) in [4.78, 5) is 36.5. The maximum absolute atomic E-state index is 13.4. The van der Waals surface area contributed by atoms with Crippen LogP contribution in [0.15, 0.2) is 48.5 Å². The van der Waals surface area contributed by atoms with E-state index in [2.05, 4.69) is 24.5 Å². The van der Waals surface area contributed by atoms with Crippen LogP contribution < -0.4 is 10.6 Å². The molecule has 2 aromatic carbocycles. The molecule has 0 heterocycles. The average Bonchev–Trinajstić information content (AvgIpc) is 2.79. The molecule has 0 aliphatic rings. The van der Waals surface area contributed by atoms with Gasteiger partial charge < -0.3 is 20.5 Å². The van der Waals surface area contributed by atoms with Gasteiger partial charge in [0, 0.05) is 31.0 Å². The summed E-state index contributed by atoms with van der Waals surface area (Å²) in [5.74, 6) is -1.19. The van der Waals surface area contributed by atoms with Gasteiger partial charge in [0.1, 0.15) is 17.3 Å². The summed E-state index contributed by atoms with van der Waals surface area (Å²) in [6.45, 7) is 5.73. The predicted octanol–water partition coefficient (Wildman–Crippen LogP) is 4.94. The molecule has 0 bridgehead atoms. The minimum Gasteiger partial charge on any atom is -0.507 e. The van der Waals surface area contributed by atoms with Crippen molar-refractivity contribution >= 4 is 17.6 Å². The summed E-state index contributed by atoms with van der Waals surface area (Å²) in [5.41, 5.74) is 1.06. The molecule has 2 rings (SSSR count). The van der Waals surface area contributed by atoms with Gasteiger partial charge in [-0.1, -0.05) is 44.2 Å². The standard InChI is InChI=1S/C28H37FN2O4/c1-19(2)9-12-23(30-27(34)16-10-20(3)32)13-14-24(17-21-7-5-4-6-8-21)31-28(35)25-15-11-22(29)18-26(25)33/h4-8,11,15,18-19,23-24,33H,9-10,12-14,16-17H2,1-3H3,(H,30,34)(H,31,35). The van der Waals surface area contributed by atoms with Gasteiger partial charge in [-0.25, -0.2) is 4.39 Å². The fourth-order valence-electron chi connectivity index (χ4n) is 3.90. The van der Waals surface area contributed by atoms with Crippen LogP contribution in [0.1, 0.15) is 75.2 Å². The molecule has 7 heteroatoms. The first kappa shape index (κ1) is 28.0. The number of phenols is 1. The van der Waals surface area contributed by atoms with E-state index in [4.69, 9.17) is 0 Å². The second-order valence-electron chi connectivity index (χ2n) is 9.54. The summed E-state index contributed by atoms with van der Waals surface area (Å²) in [6, 6.07) is 12.7. The number of carbonyl (C=O) groups excluding carboxylic acids is 3. The van der Waals surface area contributed by atoms with Crippen molar-refractivity contribution in [3.05, 3.63) is 65.5 Å². The summed E-state index contributed by atoms with van der Waals surface area (Å²) >= 11 is 0. The number of carbonyl (C=O) groups is 3. The van der Waals surface area contributed by atoms with Crippen LogP contribution in [0.2, 0.25) is 0 Å². The Bertz CT molecular complexity index is 978. The van der Waals surface area contributed by atoms with Crippen molar-refractivity contribution in [2.45, 2.75) is 77.8 Å². The maximum Gasteiger partial charge on any atom is 0.255 e. The van der Waals surface area contributed by atoms with Crippen molar-refractivity contribution in [2.24, 2.45) is 5.92 Å². The molecule has 0 fully saturated rings. The topological polar surface area (TPSA) is 95.5 Å². The summed E-state index contributed by atoms with van der Waals surface area (Å²) in [7, 11) is 0. The largest absolute Gasteiger partial charge is 0.507 e. The van der Waals surface area contributed by atoms with Gasteiger partial charge in [-0.05, 0) is 62.6 Å². The molecule has 0 aromatic heterocycles. The Morgan fingerprint density at radius 1 is 0.886 bits per heavy atom. The van der Waals surface area contributed by atoms with Crippen LogP contribution in [0.25, 0.3) is 0 Å². The first-order valence-corrected chi connectivity index (χ1v) is 12.3. The van der Waals surface area contributed by atoms with Crippen LogP contribution in [0.5, 0.6) is 5.75 Å². The highest BCUT2D eigenvalue weighted by Crippen LogP contribution is 2.20. The smallest absolute Gasteiger partial charge is 0.255 e. The Kier molecular flexibility index (Phi) is 11.4. The number of amides is 2. The molecule has 0 saturated carbocycles. The van der Waals surface area contributed by atoms with E-state index in [-0.39, 0.29) is 42.2 Å². The second kappa shape index (κ2) is 14.2. The lowest BCUT2D eigenvalue weighted by Gasteiger charge is -2.24. The summed E-state index contributed by atoms with van der Waals surface area (Å²) in [6.07, 6.45) is 3.94. The van der Waals surface area contributed by atoms with Crippen molar-refractivity contribution in [3.63, 3.8) is 0 Å². The number of Topliss-reactive ketones (excluding diaryl/α,β-unsaturated/α-hetero) is 1. The number of aromatic hydroxyl groups is 1. The highest BCUT2D eigenvalue weighted by molar-refractivity contribution is 5.97. The lowest BCUT2D eigenvalue weighted by Crippen LogP contribution is -2.40. The van der Waals surface area contributed by atoms with Crippen LogP contribution in [-0.4, -0.2) is 34.8 Å². The first-order chi connectivity index (χ1) is 16.6. The molecule has 2 amide bonds. The zero-order valence-electron chi connectivity index (χ0n) is 20.9. The van der Waals surface area contributed by atoms with E-state index in [1.807, 2.05) is 30.3 Å². The molecule has 2 atom stereocenters. The molecular weight excluding hydrogens is 447 g/mol. The number of nitrogens with one attached hydrogen (secondary N) is 2. The van der Waals surface area contributed by atoms with Crippen molar-refractivity contribution < 1.29 is 23.9 Å². The highest BCUT2D eigenvalue weighted by atomic mass is 19.1. The number of benzene rings is 2. The lowest BCUT2D eigenvalue weighted by molar-refractivity contribution is -0.125. The highest BCUT2D eigenvalue weighted by Gasteiger charge is 2.20. The second-order valence-corrected chi connectivity index (χ2v) is 9.54. The number of halogens is 1. The zero-order valence-corrected chi connectivity index (χ0v) is 20.9. The third-order valence-corrected chi connectivity index (χ3v) is 5.89. The predicted molar refractivity (Wildman–Crippen MR) is 135 cm³/mol. The van der Waals surface area contributed by atoms with E-state index < -0.39 is 17.5 Å². The van der Waals surface area contributed by atoms with Crippen LogP contribution in [0.4, 0.5) is 4.39 Å². The van der Waals surface area contributed by atoms with E-state index in [1.165, 1.54) is 13.0 Å². The van der Waals surface area contributed by atoms with E-state index in [0.29, 0.717) is 25.2 Å². The fourth-order valence-corrected chi connectivity index (χ4v) is 3.90. The van der Waals surface area contributed by atoms with Gasteiger partial charge in [-0.3, -0.25) is 9.59 Å². The Balaban J connectivity index is 2.11. The third kappa shape index (κ3) is 10.7. The number of ketones is 1. The minimum atomic E-state index is -0.617. The van der Waals surface area contributed by atoms with E-state index in [1.54, 1.807) is 0 Å². The number of phenolic OH excluding ortho intramolecular Hbond substituents is 1. The minimum absolute atomic E-state index is 0.0124. The van der Waals surface area contributed by atoms with Gasteiger partial charge >= 0.3 is 0 Å². The van der Waals surface area contributed by atoms with Gasteiger partial charge in [0.15, 0.2) is 0 Å². The number of rotatable bonds is 14. The normalized spacial score (nSPS) is 12.7. The van der Waals surface area contributed by atoms with Crippen molar-refractivity contribution in [1.82, 2.24) is 10.6 Å². The third-order valence-electron chi connectivity index (χ3n) is 5.89. The van der Waals surface area contributed by atoms with Crippen LogP contribution in [0.3, 0.4) is 0 Å². The zero-order chi connectivity index (χ0) is 25.8. The molecule has 2 aromatic rings. The maximum atomic E-state index is 13.4. The van der Waals surface area contributed by atoms with Gasteiger partial charge in [-0.15, -0.1) is 0 Å². The summed E-state index contributed by atoms with van der Waals surface area (Å²) < 4.78 is 13.4. The molecule has 0 radical (unpaired) electrons. The molecule has 3 N–H and O–H groups in total. The van der Waals surface area contributed by atoms with Crippen LogP contribution in [-0.2, 0) is 16.0 Å². The van der Waals surface area contributed by atoms with Crippen molar-refractivity contribution in [1.29, 1.82) is 0 Å². The molecular formula is C28H37FN2O4. The fraction of sp³-hybridized carbons (Fsp3) is 0.464. The van der Waals surface area contributed by atoms with Crippen LogP contribution in [0, 0.1) is 11.7 Å². The molecule has 0 spiro atoms. The van der Waals surface area contributed by atoms with E-state index in [9.17, 15) is 23.9 Å². The number of hydrogen-bond acceptors (Lipinski definition) is 4. The molecule has 190 valence electrons. The first-order valence-electron chi connectivity index (χ1n) is 12.3. The van der Waals surface area contributed by atoms with E-state index in [0.717, 1.165) is 30.5 Å². The van der Waals surface area contributed by atoms with Gasteiger partial charge in [0.25, 0.3) is 5.91 Å². The molecule has 35 heavy (non-hydrogen) atoms. The van der Waals surface area contributed by atoms with Gasteiger partial charge in [0.05, 0.1) is 5.56 Å². The molecule has 2 unspecified atom stereocenters. The summed E-state index contributed by atoms with van der Waals surface area (Å²) in [5, 5.41) is 16.1. The van der Waals surface area contributed by atoms with E-state index >= 15 is 0 Å². The molecule has 0 aliphatic heterocycles. The average molecular weight is 485 g/mol. The number of hydrogen-bond donors (Lipinski definition) is 3. The Morgan fingerprint density at radius 2 is 1.54 bits per heavy atom. The molecule has 6 nitrogen and oxygen atoms in total. The lowest BCUT2D eigenvalue weighted by atomic mass is 9.95.